The van der Waals surface area contributed by atoms with Crippen molar-refractivity contribution < 1.29 is 9.59 Å². The summed E-state index contributed by atoms with van der Waals surface area (Å²) in [6, 6.07) is 0.0442. The third-order valence-electron chi connectivity index (χ3n) is 5.82. The number of hydrogen-bond acceptors (Lipinski definition) is 6. The predicted molar refractivity (Wildman–Crippen MR) is 106 cm³/mol. The Morgan fingerprint density at radius 1 is 1.15 bits per heavy atom. The van der Waals surface area contributed by atoms with Gasteiger partial charge in [0.2, 0.25) is 5.91 Å². The number of likely N-dealkylation sites (tertiary alicyclic amines) is 1. The third kappa shape index (κ3) is 3.26. The number of thiophene rings is 1. The number of aryl methyl sites for hydroxylation is 2. The number of nitrogens with zero attached hydrogens (tertiary/aromatic N) is 3. The van der Waals surface area contributed by atoms with Crippen LogP contribution in [-0.2, 0) is 4.79 Å². The van der Waals surface area contributed by atoms with Gasteiger partial charge in [0.05, 0.1) is 17.4 Å². The molecule has 2 aromatic rings. The number of amides is 2. The van der Waals surface area contributed by atoms with Gasteiger partial charge in [-0.1, -0.05) is 19.3 Å². The van der Waals surface area contributed by atoms with Crippen molar-refractivity contribution >= 4 is 39.1 Å². The molecule has 1 saturated heterocycles. The second-order valence-electron chi connectivity index (χ2n) is 7.69. The molecule has 1 aliphatic heterocycles. The van der Waals surface area contributed by atoms with E-state index < -0.39 is 0 Å². The predicted octanol–water partition coefficient (Wildman–Crippen LogP) is 2.41. The molecule has 27 heavy (non-hydrogen) atoms. The lowest BCUT2D eigenvalue weighted by Gasteiger charge is -2.40. The Hall–Kier alpha value is -2.22. The fraction of sp³-hybridized carbons (Fsp3) is 0.579. The van der Waals surface area contributed by atoms with Crippen LogP contribution in [0, 0.1) is 19.8 Å². The largest absolute Gasteiger partial charge is 0.397 e. The van der Waals surface area contributed by atoms with Crippen molar-refractivity contribution in [3.05, 3.63) is 16.1 Å². The fourth-order valence-electron chi connectivity index (χ4n) is 3.96. The number of nitrogens with one attached hydrogen (secondary N) is 1. The second kappa shape index (κ2) is 7.07. The molecular weight excluding hydrogens is 362 g/mol. The first-order chi connectivity index (χ1) is 13.0. The first-order valence-corrected chi connectivity index (χ1v) is 10.4. The molecule has 0 unspecified atom stereocenters. The summed E-state index contributed by atoms with van der Waals surface area (Å²) < 4.78 is 0. The van der Waals surface area contributed by atoms with Gasteiger partial charge in [-0.05, 0) is 32.3 Å². The van der Waals surface area contributed by atoms with E-state index in [0.717, 1.165) is 42.3 Å². The van der Waals surface area contributed by atoms with Crippen molar-refractivity contribution in [2.24, 2.45) is 5.92 Å². The summed E-state index contributed by atoms with van der Waals surface area (Å²) in [5, 5.41) is 12.2. The SMILES string of the molecule is Cc1nnc2sc(C(=O)N3CC(NC(=O)C4CCCCC4)C3)c(N)c2c1C. The fourth-order valence-corrected chi connectivity index (χ4v) is 5.03. The summed E-state index contributed by atoms with van der Waals surface area (Å²) in [7, 11) is 0. The van der Waals surface area contributed by atoms with Crippen LogP contribution in [0.4, 0.5) is 5.69 Å². The Bertz CT molecular complexity index is 897. The van der Waals surface area contributed by atoms with Crippen molar-refractivity contribution in [2.45, 2.75) is 52.0 Å². The minimum atomic E-state index is -0.0873. The molecule has 2 fully saturated rings. The Balaban J connectivity index is 1.40. The van der Waals surface area contributed by atoms with Gasteiger partial charge < -0.3 is 16.0 Å². The Morgan fingerprint density at radius 2 is 1.85 bits per heavy atom. The third-order valence-corrected chi connectivity index (χ3v) is 6.90. The van der Waals surface area contributed by atoms with Crippen molar-refractivity contribution in [3.8, 4) is 0 Å². The van der Waals surface area contributed by atoms with Crippen molar-refractivity contribution in [1.82, 2.24) is 20.4 Å². The minimum Gasteiger partial charge on any atom is -0.397 e. The van der Waals surface area contributed by atoms with E-state index in [1.807, 2.05) is 13.8 Å². The van der Waals surface area contributed by atoms with E-state index >= 15 is 0 Å². The summed E-state index contributed by atoms with van der Waals surface area (Å²) in [5.41, 5.74) is 8.54. The van der Waals surface area contributed by atoms with Crippen LogP contribution in [0.1, 0.15) is 53.0 Å². The molecule has 0 aromatic carbocycles. The summed E-state index contributed by atoms with van der Waals surface area (Å²) in [5.74, 6) is 0.205. The van der Waals surface area contributed by atoms with Gasteiger partial charge in [0.1, 0.15) is 9.71 Å². The molecule has 0 bridgehead atoms. The van der Waals surface area contributed by atoms with Gasteiger partial charge in [-0.15, -0.1) is 16.4 Å². The molecule has 0 atom stereocenters. The minimum absolute atomic E-state index is 0.0442. The highest BCUT2D eigenvalue weighted by molar-refractivity contribution is 7.21. The van der Waals surface area contributed by atoms with E-state index in [1.54, 1.807) is 4.90 Å². The number of nitrogens with two attached hydrogens (primary N) is 1. The number of aromatic nitrogens is 2. The molecule has 4 rings (SSSR count). The van der Waals surface area contributed by atoms with E-state index in [1.165, 1.54) is 17.8 Å². The number of carbonyl (C=O) groups excluding carboxylic acids is 2. The number of fused-ring (bicyclic) bond motifs is 1. The molecule has 3 heterocycles. The lowest BCUT2D eigenvalue weighted by molar-refractivity contribution is -0.127. The van der Waals surface area contributed by atoms with E-state index in [0.29, 0.717) is 28.5 Å². The average Bonchev–Trinajstić information content (AvgIpc) is 2.98. The summed E-state index contributed by atoms with van der Waals surface area (Å²) in [6.07, 6.45) is 5.48. The summed E-state index contributed by atoms with van der Waals surface area (Å²) in [6.45, 7) is 4.91. The van der Waals surface area contributed by atoms with Gasteiger partial charge in [-0.3, -0.25) is 9.59 Å². The second-order valence-corrected chi connectivity index (χ2v) is 8.69. The summed E-state index contributed by atoms with van der Waals surface area (Å²) >= 11 is 1.29. The number of nitrogen functional groups attached to an aromatic ring is 1. The highest BCUT2D eigenvalue weighted by Crippen LogP contribution is 2.36. The number of rotatable bonds is 3. The molecule has 2 aromatic heterocycles. The number of hydrogen-bond donors (Lipinski definition) is 2. The molecule has 3 N–H and O–H groups in total. The first-order valence-electron chi connectivity index (χ1n) is 9.57. The lowest BCUT2D eigenvalue weighted by Crippen LogP contribution is -2.61. The molecule has 8 heteroatoms. The highest BCUT2D eigenvalue weighted by atomic mass is 32.1. The van der Waals surface area contributed by atoms with Crippen LogP contribution in [0.3, 0.4) is 0 Å². The van der Waals surface area contributed by atoms with Crippen LogP contribution < -0.4 is 11.1 Å². The van der Waals surface area contributed by atoms with Gasteiger partial charge >= 0.3 is 0 Å². The molecule has 2 amide bonds. The Kier molecular flexibility index (Phi) is 4.75. The lowest BCUT2D eigenvalue weighted by atomic mass is 9.88. The maximum atomic E-state index is 12.8. The maximum Gasteiger partial charge on any atom is 0.266 e. The van der Waals surface area contributed by atoms with Crippen LogP contribution in [0.25, 0.3) is 10.2 Å². The number of anilines is 1. The van der Waals surface area contributed by atoms with Gasteiger partial charge in [-0.25, -0.2) is 0 Å². The van der Waals surface area contributed by atoms with Crippen LogP contribution in [-0.4, -0.2) is 46.0 Å². The number of carbonyl (C=O) groups is 2. The molecule has 7 nitrogen and oxygen atoms in total. The molecule has 0 spiro atoms. The monoisotopic (exact) mass is 387 g/mol. The Labute approximate surface area is 162 Å². The topological polar surface area (TPSA) is 101 Å². The zero-order valence-corrected chi connectivity index (χ0v) is 16.6. The van der Waals surface area contributed by atoms with Crippen molar-refractivity contribution in [2.75, 3.05) is 18.8 Å². The zero-order chi connectivity index (χ0) is 19.1. The van der Waals surface area contributed by atoms with Crippen LogP contribution >= 0.6 is 11.3 Å². The van der Waals surface area contributed by atoms with Crippen LogP contribution in [0.15, 0.2) is 0 Å². The zero-order valence-electron chi connectivity index (χ0n) is 15.7. The molecule has 1 saturated carbocycles. The van der Waals surface area contributed by atoms with Gasteiger partial charge in [0.15, 0.2) is 0 Å². The normalized spacial score (nSPS) is 18.5. The quantitative estimate of drug-likeness (QED) is 0.842. The Morgan fingerprint density at radius 3 is 2.56 bits per heavy atom. The molecular formula is C19H25N5O2S. The molecule has 2 aliphatic rings. The maximum absolute atomic E-state index is 12.8. The molecule has 1 aliphatic carbocycles. The van der Waals surface area contributed by atoms with Crippen molar-refractivity contribution in [1.29, 1.82) is 0 Å². The van der Waals surface area contributed by atoms with Gasteiger partial charge in [0.25, 0.3) is 5.91 Å². The summed E-state index contributed by atoms with van der Waals surface area (Å²) in [4.78, 5) is 28.1. The van der Waals surface area contributed by atoms with E-state index in [4.69, 9.17) is 5.73 Å². The van der Waals surface area contributed by atoms with Gasteiger partial charge in [-0.2, -0.15) is 5.10 Å². The molecule has 144 valence electrons. The van der Waals surface area contributed by atoms with Gasteiger partial charge in [0, 0.05) is 24.4 Å². The first kappa shape index (κ1) is 18.2. The highest BCUT2D eigenvalue weighted by Gasteiger charge is 2.35. The van der Waals surface area contributed by atoms with Crippen molar-refractivity contribution in [3.63, 3.8) is 0 Å². The standard InChI is InChI=1S/C19H25N5O2S/c1-10-11(2)22-23-18-14(10)15(20)16(27-18)19(26)24-8-13(9-24)21-17(25)12-6-4-3-5-7-12/h12-13H,3-9,20H2,1-2H3,(H,21,25). The van der Waals surface area contributed by atoms with Crippen LogP contribution in [0.5, 0.6) is 0 Å². The van der Waals surface area contributed by atoms with E-state index in [2.05, 4.69) is 15.5 Å². The molecule has 0 radical (unpaired) electrons. The van der Waals surface area contributed by atoms with E-state index in [9.17, 15) is 9.59 Å². The average molecular weight is 388 g/mol. The smallest absolute Gasteiger partial charge is 0.266 e. The van der Waals surface area contributed by atoms with Crippen LogP contribution in [0.2, 0.25) is 0 Å². The van der Waals surface area contributed by atoms with E-state index in [-0.39, 0.29) is 23.8 Å².